The molecule has 1 aromatic heterocycles. The summed E-state index contributed by atoms with van der Waals surface area (Å²) in [5.41, 5.74) is 9.97. The molecule has 2 N–H and O–H groups in total. The number of hydrogen-bond acceptors (Lipinski definition) is 2. The molecule has 3 heteroatoms. The van der Waals surface area contributed by atoms with Crippen LogP contribution < -0.4 is 5.73 Å². The Balaban J connectivity index is 2.39. The van der Waals surface area contributed by atoms with Crippen LogP contribution in [0.5, 0.6) is 0 Å². The fourth-order valence-corrected chi connectivity index (χ4v) is 2.84. The van der Waals surface area contributed by atoms with E-state index in [4.69, 9.17) is 17.3 Å². The highest BCUT2D eigenvalue weighted by molar-refractivity contribution is 6.33. The van der Waals surface area contributed by atoms with E-state index in [1.807, 2.05) is 30.5 Å². The Morgan fingerprint density at radius 1 is 1.05 bits per heavy atom. The third-order valence-electron chi connectivity index (χ3n) is 3.56. The quantitative estimate of drug-likeness (QED) is 0.760. The Morgan fingerprint density at radius 2 is 1.85 bits per heavy atom. The Bertz CT molecular complexity index is 781. The number of rotatable bonds is 2. The maximum atomic E-state index is 6.32. The maximum Gasteiger partial charge on any atom is 0.0620 e. The van der Waals surface area contributed by atoms with Crippen LogP contribution in [-0.2, 0) is 6.54 Å². The predicted molar refractivity (Wildman–Crippen MR) is 84.8 cm³/mol. The normalized spacial score (nSPS) is 10.9. The smallest absolute Gasteiger partial charge is 0.0620 e. The molecule has 2 aromatic carbocycles. The molecule has 0 saturated heterocycles. The minimum absolute atomic E-state index is 0.435. The third-order valence-corrected chi connectivity index (χ3v) is 3.89. The van der Waals surface area contributed by atoms with Gasteiger partial charge in [0.15, 0.2) is 0 Å². The Labute approximate surface area is 123 Å². The second kappa shape index (κ2) is 5.23. The number of fused-ring (bicyclic) bond motifs is 1. The van der Waals surface area contributed by atoms with E-state index in [1.54, 1.807) is 0 Å². The molecule has 0 radical (unpaired) electrons. The lowest BCUT2D eigenvalue weighted by molar-refractivity contribution is 1.01. The summed E-state index contributed by atoms with van der Waals surface area (Å²) in [5, 5.41) is 3.01. The van der Waals surface area contributed by atoms with Crippen LogP contribution in [0.25, 0.3) is 21.9 Å². The van der Waals surface area contributed by atoms with Crippen molar-refractivity contribution in [2.45, 2.75) is 13.5 Å². The first-order valence-corrected chi connectivity index (χ1v) is 6.92. The van der Waals surface area contributed by atoms with Crippen molar-refractivity contribution in [3.8, 4) is 11.1 Å². The van der Waals surface area contributed by atoms with Crippen LogP contribution in [0.1, 0.15) is 11.3 Å². The summed E-state index contributed by atoms with van der Waals surface area (Å²) < 4.78 is 0. The first-order valence-electron chi connectivity index (χ1n) is 6.54. The SMILES string of the molecule is Cc1cccc2c(-c3ccccc3Cl)cnc(CN)c12. The van der Waals surface area contributed by atoms with Crippen molar-refractivity contribution in [2.24, 2.45) is 5.73 Å². The zero-order chi connectivity index (χ0) is 14.1. The van der Waals surface area contributed by atoms with Crippen molar-refractivity contribution in [2.75, 3.05) is 0 Å². The van der Waals surface area contributed by atoms with Gasteiger partial charge in [0.25, 0.3) is 0 Å². The topological polar surface area (TPSA) is 38.9 Å². The fraction of sp³-hybridized carbons (Fsp3) is 0.118. The van der Waals surface area contributed by atoms with Crippen LogP contribution in [-0.4, -0.2) is 4.98 Å². The van der Waals surface area contributed by atoms with E-state index in [9.17, 15) is 0 Å². The van der Waals surface area contributed by atoms with E-state index in [-0.39, 0.29) is 0 Å². The van der Waals surface area contributed by atoms with Gasteiger partial charge in [0, 0.05) is 34.3 Å². The second-order valence-corrected chi connectivity index (χ2v) is 5.21. The number of aromatic nitrogens is 1. The van der Waals surface area contributed by atoms with E-state index in [2.05, 4.69) is 30.1 Å². The molecule has 100 valence electrons. The molecule has 20 heavy (non-hydrogen) atoms. The average Bonchev–Trinajstić information content (AvgIpc) is 2.47. The van der Waals surface area contributed by atoms with Gasteiger partial charge in [0.05, 0.1) is 5.69 Å². The largest absolute Gasteiger partial charge is 0.325 e. The average molecular weight is 283 g/mol. The van der Waals surface area contributed by atoms with Crippen LogP contribution in [0.2, 0.25) is 5.02 Å². The standard InChI is InChI=1S/C17H15ClN2/c1-11-5-4-7-13-14(10-20-16(9-19)17(11)13)12-6-2-3-8-15(12)18/h2-8,10H,9,19H2,1H3. The highest BCUT2D eigenvalue weighted by Crippen LogP contribution is 2.34. The van der Waals surface area contributed by atoms with Crippen LogP contribution in [0.4, 0.5) is 0 Å². The van der Waals surface area contributed by atoms with Crippen molar-refractivity contribution < 1.29 is 0 Å². The van der Waals surface area contributed by atoms with Gasteiger partial charge in [-0.1, -0.05) is 48.0 Å². The number of halogens is 1. The summed E-state index contributed by atoms with van der Waals surface area (Å²) in [6, 6.07) is 14.1. The lowest BCUT2D eigenvalue weighted by atomic mass is 9.96. The molecule has 0 atom stereocenters. The molecule has 3 aromatic rings. The molecule has 0 saturated carbocycles. The zero-order valence-electron chi connectivity index (χ0n) is 11.2. The second-order valence-electron chi connectivity index (χ2n) is 4.80. The summed E-state index contributed by atoms with van der Waals surface area (Å²) in [6.07, 6.45) is 1.87. The van der Waals surface area contributed by atoms with Gasteiger partial charge in [-0.05, 0) is 23.9 Å². The molecular weight excluding hydrogens is 268 g/mol. The predicted octanol–water partition coefficient (Wildman–Crippen LogP) is 4.32. The van der Waals surface area contributed by atoms with E-state index in [1.165, 1.54) is 5.56 Å². The Morgan fingerprint density at radius 3 is 2.60 bits per heavy atom. The van der Waals surface area contributed by atoms with Gasteiger partial charge in [0.2, 0.25) is 0 Å². The van der Waals surface area contributed by atoms with Gasteiger partial charge in [-0.15, -0.1) is 0 Å². The molecule has 2 nitrogen and oxygen atoms in total. The minimum Gasteiger partial charge on any atom is -0.325 e. The van der Waals surface area contributed by atoms with Gasteiger partial charge >= 0.3 is 0 Å². The Kier molecular flexibility index (Phi) is 3.43. The van der Waals surface area contributed by atoms with E-state index >= 15 is 0 Å². The summed E-state index contributed by atoms with van der Waals surface area (Å²) in [5.74, 6) is 0. The van der Waals surface area contributed by atoms with Crippen LogP contribution in [0.15, 0.2) is 48.7 Å². The molecule has 1 heterocycles. The molecular formula is C17H15ClN2. The molecule has 0 aliphatic rings. The van der Waals surface area contributed by atoms with Crippen molar-refractivity contribution >= 4 is 22.4 Å². The Hall–Kier alpha value is -1.90. The summed E-state index contributed by atoms with van der Waals surface area (Å²) in [7, 11) is 0. The van der Waals surface area contributed by atoms with E-state index in [0.717, 1.165) is 32.6 Å². The lowest BCUT2D eigenvalue weighted by Gasteiger charge is -2.12. The minimum atomic E-state index is 0.435. The van der Waals surface area contributed by atoms with Crippen LogP contribution in [0.3, 0.4) is 0 Å². The van der Waals surface area contributed by atoms with Crippen LogP contribution in [0, 0.1) is 6.92 Å². The van der Waals surface area contributed by atoms with E-state index in [0.29, 0.717) is 6.54 Å². The first-order chi connectivity index (χ1) is 9.72. The number of pyridine rings is 1. The highest BCUT2D eigenvalue weighted by atomic mass is 35.5. The molecule has 0 amide bonds. The number of hydrogen-bond donors (Lipinski definition) is 1. The van der Waals surface area contributed by atoms with Crippen molar-refractivity contribution in [3.05, 3.63) is 64.9 Å². The molecule has 0 aliphatic carbocycles. The lowest BCUT2D eigenvalue weighted by Crippen LogP contribution is -2.02. The first kappa shape index (κ1) is 13.1. The van der Waals surface area contributed by atoms with Gasteiger partial charge in [0.1, 0.15) is 0 Å². The third kappa shape index (κ3) is 2.07. The maximum absolute atomic E-state index is 6.32. The molecule has 0 aliphatic heterocycles. The van der Waals surface area contributed by atoms with Crippen molar-refractivity contribution in [1.29, 1.82) is 0 Å². The monoisotopic (exact) mass is 282 g/mol. The van der Waals surface area contributed by atoms with Gasteiger partial charge in [-0.3, -0.25) is 4.98 Å². The molecule has 0 bridgehead atoms. The molecule has 0 fully saturated rings. The summed E-state index contributed by atoms with van der Waals surface area (Å²) in [4.78, 5) is 4.52. The molecule has 0 spiro atoms. The van der Waals surface area contributed by atoms with Gasteiger partial charge < -0.3 is 5.73 Å². The summed E-state index contributed by atoms with van der Waals surface area (Å²) >= 11 is 6.32. The number of aryl methyl sites for hydroxylation is 1. The van der Waals surface area contributed by atoms with Crippen molar-refractivity contribution in [3.63, 3.8) is 0 Å². The fourth-order valence-electron chi connectivity index (χ4n) is 2.60. The number of benzene rings is 2. The number of nitrogens with zero attached hydrogens (tertiary/aromatic N) is 1. The number of nitrogens with two attached hydrogens (primary N) is 1. The van der Waals surface area contributed by atoms with Crippen molar-refractivity contribution in [1.82, 2.24) is 4.98 Å². The summed E-state index contributed by atoms with van der Waals surface area (Å²) in [6.45, 7) is 2.52. The highest BCUT2D eigenvalue weighted by Gasteiger charge is 2.11. The van der Waals surface area contributed by atoms with E-state index < -0.39 is 0 Å². The molecule has 3 rings (SSSR count). The zero-order valence-corrected chi connectivity index (χ0v) is 12.0. The van der Waals surface area contributed by atoms with Gasteiger partial charge in [-0.2, -0.15) is 0 Å². The van der Waals surface area contributed by atoms with Crippen LogP contribution >= 0.6 is 11.6 Å². The molecule has 0 unspecified atom stereocenters. The van der Waals surface area contributed by atoms with Gasteiger partial charge in [-0.25, -0.2) is 0 Å².